The fourth-order valence-corrected chi connectivity index (χ4v) is 4.68. The van der Waals surface area contributed by atoms with E-state index in [-0.39, 0.29) is 18.6 Å². The predicted octanol–water partition coefficient (Wildman–Crippen LogP) is 5.02. The van der Waals surface area contributed by atoms with Gasteiger partial charge in [-0.05, 0) is 50.9 Å². The van der Waals surface area contributed by atoms with E-state index in [2.05, 4.69) is 4.90 Å². The molecule has 1 aliphatic heterocycles. The Balaban J connectivity index is 1.60. The van der Waals surface area contributed by atoms with Crippen LogP contribution in [0.4, 0.5) is 0 Å². The number of ether oxygens (including phenoxy) is 1. The van der Waals surface area contributed by atoms with E-state index in [9.17, 15) is 4.79 Å². The number of hydrogen-bond acceptors (Lipinski definition) is 3. The van der Waals surface area contributed by atoms with Crippen LogP contribution in [0.15, 0.2) is 18.2 Å². The Morgan fingerprint density at radius 3 is 2.48 bits per heavy atom. The minimum absolute atomic E-state index is 0.0211. The van der Waals surface area contributed by atoms with Crippen molar-refractivity contribution in [1.82, 2.24) is 9.80 Å². The van der Waals surface area contributed by atoms with Crippen molar-refractivity contribution >= 4 is 29.1 Å². The van der Waals surface area contributed by atoms with Crippen LogP contribution in [0.3, 0.4) is 0 Å². The summed E-state index contributed by atoms with van der Waals surface area (Å²) < 4.78 is 5.67. The Bertz CT molecular complexity index is 633. The Labute approximate surface area is 172 Å². The number of carbonyl (C=O) groups is 1. The van der Waals surface area contributed by atoms with Gasteiger partial charge in [-0.25, -0.2) is 0 Å². The van der Waals surface area contributed by atoms with Crippen LogP contribution in [0.5, 0.6) is 5.75 Å². The monoisotopic (exact) mass is 412 g/mol. The van der Waals surface area contributed by atoms with Crippen LogP contribution in [0.1, 0.15) is 51.4 Å². The number of halogens is 2. The highest BCUT2D eigenvalue weighted by Gasteiger charge is 2.34. The molecule has 2 atom stereocenters. The molecule has 1 saturated heterocycles. The number of hydrogen-bond donors (Lipinski definition) is 0. The van der Waals surface area contributed by atoms with Gasteiger partial charge in [0, 0.05) is 25.2 Å². The lowest BCUT2D eigenvalue weighted by Crippen LogP contribution is -2.54. The zero-order valence-corrected chi connectivity index (χ0v) is 17.6. The predicted molar refractivity (Wildman–Crippen MR) is 111 cm³/mol. The Kier molecular flexibility index (Phi) is 7.68. The van der Waals surface area contributed by atoms with Crippen molar-refractivity contribution in [2.45, 2.75) is 63.5 Å². The zero-order valence-electron chi connectivity index (χ0n) is 16.1. The Morgan fingerprint density at radius 1 is 1.07 bits per heavy atom. The van der Waals surface area contributed by atoms with E-state index in [0.29, 0.717) is 21.8 Å². The number of likely N-dealkylation sites (N-methyl/N-ethyl adjacent to an activating group) is 1. The van der Waals surface area contributed by atoms with Gasteiger partial charge in [-0.2, -0.15) is 0 Å². The van der Waals surface area contributed by atoms with Crippen LogP contribution in [-0.2, 0) is 4.79 Å². The second-order valence-electron chi connectivity index (χ2n) is 7.74. The maximum absolute atomic E-state index is 12.8. The number of carbonyl (C=O) groups excluding carboxylic acids is 1. The molecule has 1 saturated carbocycles. The van der Waals surface area contributed by atoms with E-state index in [1.54, 1.807) is 18.2 Å². The van der Waals surface area contributed by atoms with Crippen molar-refractivity contribution in [2.75, 3.05) is 26.7 Å². The smallest absolute Gasteiger partial charge is 0.260 e. The largest absolute Gasteiger partial charge is 0.484 e. The second kappa shape index (κ2) is 9.99. The molecule has 1 unspecified atom stereocenters. The highest BCUT2D eigenvalue weighted by molar-refractivity contribution is 6.42. The highest BCUT2D eigenvalue weighted by Crippen LogP contribution is 2.29. The minimum atomic E-state index is 0.0211. The normalized spacial score (nSPS) is 24.3. The SMILES string of the molecule is CN(C(=O)COc1ccc(Cl)c(Cl)c1)[C@H]1CCCCC1N1CCCCCC1. The van der Waals surface area contributed by atoms with Crippen molar-refractivity contribution in [2.24, 2.45) is 0 Å². The molecule has 3 rings (SSSR count). The lowest BCUT2D eigenvalue weighted by atomic mass is 9.88. The minimum Gasteiger partial charge on any atom is -0.484 e. The van der Waals surface area contributed by atoms with Gasteiger partial charge < -0.3 is 9.64 Å². The van der Waals surface area contributed by atoms with E-state index in [0.717, 1.165) is 6.42 Å². The van der Waals surface area contributed by atoms with E-state index in [1.807, 2.05) is 11.9 Å². The van der Waals surface area contributed by atoms with E-state index >= 15 is 0 Å². The molecule has 27 heavy (non-hydrogen) atoms. The van der Waals surface area contributed by atoms with Gasteiger partial charge >= 0.3 is 0 Å². The summed E-state index contributed by atoms with van der Waals surface area (Å²) in [6.07, 6.45) is 9.95. The molecule has 2 fully saturated rings. The molecular weight excluding hydrogens is 383 g/mol. The first-order valence-electron chi connectivity index (χ1n) is 10.1. The van der Waals surface area contributed by atoms with Gasteiger partial charge in [-0.1, -0.05) is 48.9 Å². The number of rotatable bonds is 5. The molecule has 0 radical (unpaired) electrons. The fraction of sp³-hybridized carbons (Fsp3) is 0.667. The fourth-order valence-electron chi connectivity index (χ4n) is 4.39. The molecule has 0 spiro atoms. The molecular formula is C21H30Cl2N2O2. The first-order valence-corrected chi connectivity index (χ1v) is 10.9. The number of benzene rings is 1. The average molecular weight is 413 g/mol. The van der Waals surface area contributed by atoms with Gasteiger partial charge in [-0.3, -0.25) is 9.69 Å². The maximum Gasteiger partial charge on any atom is 0.260 e. The van der Waals surface area contributed by atoms with Crippen LogP contribution in [0.25, 0.3) is 0 Å². The summed E-state index contributed by atoms with van der Waals surface area (Å²) in [6.45, 7) is 2.36. The van der Waals surface area contributed by atoms with E-state index in [4.69, 9.17) is 27.9 Å². The highest BCUT2D eigenvalue weighted by atomic mass is 35.5. The summed E-state index contributed by atoms with van der Waals surface area (Å²) in [5.41, 5.74) is 0. The number of amides is 1. The third-order valence-electron chi connectivity index (χ3n) is 5.95. The number of likely N-dealkylation sites (tertiary alicyclic amines) is 1. The van der Waals surface area contributed by atoms with Gasteiger partial charge in [-0.15, -0.1) is 0 Å². The molecule has 1 aromatic rings. The lowest BCUT2D eigenvalue weighted by Gasteiger charge is -2.43. The van der Waals surface area contributed by atoms with E-state index < -0.39 is 0 Å². The molecule has 0 aromatic heterocycles. The summed E-state index contributed by atoms with van der Waals surface area (Å²) in [5.74, 6) is 0.589. The molecule has 6 heteroatoms. The van der Waals surface area contributed by atoms with Gasteiger partial charge in [0.05, 0.1) is 10.0 Å². The van der Waals surface area contributed by atoms with Crippen molar-refractivity contribution in [3.63, 3.8) is 0 Å². The van der Waals surface area contributed by atoms with Gasteiger partial charge in [0.15, 0.2) is 6.61 Å². The molecule has 1 aromatic carbocycles. The summed E-state index contributed by atoms with van der Waals surface area (Å²) in [5, 5.41) is 0.915. The summed E-state index contributed by atoms with van der Waals surface area (Å²) in [4.78, 5) is 17.3. The third-order valence-corrected chi connectivity index (χ3v) is 6.69. The Hall–Kier alpha value is -0.970. The summed E-state index contributed by atoms with van der Waals surface area (Å²) in [6, 6.07) is 5.83. The van der Waals surface area contributed by atoms with Crippen molar-refractivity contribution in [3.05, 3.63) is 28.2 Å². The van der Waals surface area contributed by atoms with Crippen LogP contribution >= 0.6 is 23.2 Å². The van der Waals surface area contributed by atoms with Crippen molar-refractivity contribution < 1.29 is 9.53 Å². The summed E-state index contributed by atoms with van der Waals surface area (Å²) >= 11 is 11.9. The molecule has 4 nitrogen and oxygen atoms in total. The molecule has 150 valence electrons. The summed E-state index contributed by atoms with van der Waals surface area (Å²) in [7, 11) is 1.93. The standard InChI is InChI=1S/C21H30Cl2N2O2/c1-24(21(26)15-27-16-10-11-17(22)18(23)14-16)19-8-4-5-9-20(19)25-12-6-2-3-7-13-25/h10-11,14,19-20H,2-9,12-13,15H2,1H3/t19-,20?/m0/s1. The first-order chi connectivity index (χ1) is 13.1. The van der Waals surface area contributed by atoms with Crippen molar-refractivity contribution in [1.29, 1.82) is 0 Å². The molecule has 0 bridgehead atoms. The molecule has 1 heterocycles. The van der Waals surface area contributed by atoms with Gasteiger partial charge in [0.1, 0.15) is 5.75 Å². The second-order valence-corrected chi connectivity index (χ2v) is 8.55. The molecule has 1 amide bonds. The lowest BCUT2D eigenvalue weighted by molar-refractivity contribution is -0.136. The molecule has 0 N–H and O–H groups in total. The van der Waals surface area contributed by atoms with E-state index in [1.165, 1.54) is 58.0 Å². The third kappa shape index (κ3) is 5.52. The topological polar surface area (TPSA) is 32.8 Å². The maximum atomic E-state index is 12.8. The molecule has 2 aliphatic rings. The first kappa shape index (κ1) is 20.8. The Morgan fingerprint density at radius 2 is 1.78 bits per heavy atom. The van der Waals surface area contributed by atoms with Crippen LogP contribution < -0.4 is 4.74 Å². The quantitative estimate of drug-likeness (QED) is 0.680. The van der Waals surface area contributed by atoms with Gasteiger partial charge in [0.2, 0.25) is 0 Å². The van der Waals surface area contributed by atoms with Gasteiger partial charge in [0.25, 0.3) is 5.91 Å². The van der Waals surface area contributed by atoms with Crippen LogP contribution in [0, 0.1) is 0 Å². The van der Waals surface area contributed by atoms with Crippen molar-refractivity contribution in [3.8, 4) is 5.75 Å². The van der Waals surface area contributed by atoms with Crippen LogP contribution in [0.2, 0.25) is 10.0 Å². The number of nitrogens with zero attached hydrogens (tertiary/aromatic N) is 2. The van der Waals surface area contributed by atoms with Crippen LogP contribution in [-0.4, -0.2) is 54.5 Å². The zero-order chi connectivity index (χ0) is 19.2. The molecule has 1 aliphatic carbocycles. The average Bonchev–Trinajstić information content (AvgIpc) is 2.97.